The number of hydrogen-bond acceptors (Lipinski definition) is 3. The summed E-state index contributed by atoms with van der Waals surface area (Å²) in [7, 11) is 0. The van der Waals surface area contributed by atoms with Crippen molar-refractivity contribution in [2.24, 2.45) is 5.92 Å². The van der Waals surface area contributed by atoms with Gasteiger partial charge in [-0.05, 0) is 37.8 Å². The standard InChI is InChI=1S/C14H22N2O/c1-11-4-3-6-14(17,9-11)10-16-13-5-7-15-12(2)8-13/h5,7-8,11,17H,3-4,6,9-10H2,1-2H3,(H,15,16). The van der Waals surface area contributed by atoms with Crippen molar-refractivity contribution in [1.82, 2.24) is 4.98 Å². The van der Waals surface area contributed by atoms with E-state index in [1.165, 1.54) is 6.42 Å². The summed E-state index contributed by atoms with van der Waals surface area (Å²) in [6, 6.07) is 3.96. The quantitative estimate of drug-likeness (QED) is 0.845. The van der Waals surface area contributed by atoms with Crippen LogP contribution in [0.4, 0.5) is 5.69 Å². The molecule has 1 aromatic heterocycles. The Balaban J connectivity index is 1.93. The zero-order chi connectivity index (χ0) is 12.3. The Kier molecular flexibility index (Phi) is 3.67. The van der Waals surface area contributed by atoms with E-state index in [1.54, 1.807) is 6.20 Å². The minimum absolute atomic E-state index is 0.533. The number of aryl methyl sites for hydroxylation is 1. The predicted molar refractivity (Wildman–Crippen MR) is 70.0 cm³/mol. The number of hydrogen-bond donors (Lipinski definition) is 2. The summed E-state index contributed by atoms with van der Waals surface area (Å²) in [5.41, 5.74) is 1.51. The summed E-state index contributed by atoms with van der Waals surface area (Å²) in [5, 5.41) is 13.8. The van der Waals surface area contributed by atoms with Crippen molar-refractivity contribution in [3.8, 4) is 0 Å². The van der Waals surface area contributed by atoms with Gasteiger partial charge in [-0.25, -0.2) is 0 Å². The van der Waals surface area contributed by atoms with Crippen LogP contribution in [0.25, 0.3) is 0 Å². The first-order valence-corrected chi connectivity index (χ1v) is 6.46. The van der Waals surface area contributed by atoms with E-state index in [1.807, 2.05) is 19.1 Å². The molecule has 0 amide bonds. The first-order valence-electron chi connectivity index (χ1n) is 6.46. The number of rotatable bonds is 3. The fourth-order valence-electron chi connectivity index (χ4n) is 2.72. The van der Waals surface area contributed by atoms with Crippen LogP contribution in [0.5, 0.6) is 0 Å². The minimum Gasteiger partial charge on any atom is -0.388 e. The second-order valence-corrected chi connectivity index (χ2v) is 5.47. The van der Waals surface area contributed by atoms with Crippen LogP contribution in [0.2, 0.25) is 0 Å². The van der Waals surface area contributed by atoms with E-state index in [4.69, 9.17) is 0 Å². The Hall–Kier alpha value is -1.09. The number of aliphatic hydroxyl groups is 1. The van der Waals surface area contributed by atoms with Crippen molar-refractivity contribution in [3.05, 3.63) is 24.0 Å². The third-order valence-electron chi connectivity index (χ3n) is 3.59. The van der Waals surface area contributed by atoms with Gasteiger partial charge in [-0.15, -0.1) is 0 Å². The summed E-state index contributed by atoms with van der Waals surface area (Å²) in [6.45, 7) is 4.84. The molecule has 2 rings (SSSR count). The van der Waals surface area contributed by atoms with Gasteiger partial charge in [-0.2, -0.15) is 0 Å². The van der Waals surface area contributed by atoms with Crippen molar-refractivity contribution < 1.29 is 5.11 Å². The lowest BCUT2D eigenvalue weighted by molar-refractivity contribution is -0.000763. The molecule has 0 saturated heterocycles. The van der Waals surface area contributed by atoms with E-state index in [9.17, 15) is 5.11 Å². The van der Waals surface area contributed by atoms with Gasteiger partial charge in [0.15, 0.2) is 0 Å². The van der Waals surface area contributed by atoms with Gasteiger partial charge < -0.3 is 10.4 Å². The highest BCUT2D eigenvalue weighted by molar-refractivity contribution is 5.43. The molecule has 1 heterocycles. The molecule has 1 fully saturated rings. The highest BCUT2D eigenvalue weighted by Gasteiger charge is 2.32. The highest BCUT2D eigenvalue weighted by Crippen LogP contribution is 2.32. The van der Waals surface area contributed by atoms with Crippen LogP contribution < -0.4 is 5.32 Å². The molecule has 2 N–H and O–H groups in total. The molecule has 1 aromatic rings. The molecular weight excluding hydrogens is 212 g/mol. The Morgan fingerprint density at radius 3 is 3.12 bits per heavy atom. The predicted octanol–water partition coefficient (Wildman–Crippen LogP) is 2.74. The Bertz CT molecular complexity index is 380. The molecule has 0 spiro atoms. The molecule has 17 heavy (non-hydrogen) atoms. The Labute approximate surface area is 103 Å². The number of pyridine rings is 1. The average molecular weight is 234 g/mol. The van der Waals surface area contributed by atoms with Crippen LogP contribution >= 0.6 is 0 Å². The molecule has 0 radical (unpaired) electrons. The third-order valence-corrected chi connectivity index (χ3v) is 3.59. The Morgan fingerprint density at radius 2 is 2.41 bits per heavy atom. The molecule has 0 aromatic carbocycles. The average Bonchev–Trinajstić information content (AvgIpc) is 2.26. The van der Waals surface area contributed by atoms with Crippen LogP contribution in [0, 0.1) is 12.8 Å². The molecule has 1 saturated carbocycles. The number of aromatic nitrogens is 1. The number of nitrogens with zero attached hydrogens (tertiary/aromatic N) is 1. The smallest absolute Gasteiger partial charge is 0.0821 e. The van der Waals surface area contributed by atoms with E-state index in [0.717, 1.165) is 30.6 Å². The minimum atomic E-state index is -0.533. The molecule has 0 bridgehead atoms. The molecule has 1 aliphatic rings. The van der Waals surface area contributed by atoms with Crippen LogP contribution in [0.15, 0.2) is 18.3 Å². The lowest BCUT2D eigenvalue weighted by Gasteiger charge is -2.35. The molecule has 1 aliphatic carbocycles. The second-order valence-electron chi connectivity index (χ2n) is 5.47. The van der Waals surface area contributed by atoms with Crippen LogP contribution in [0.3, 0.4) is 0 Å². The summed E-state index contributed by atoms with van der Waals surface area (Å²) < 4.78 is 0. The second kappa shape index (κ2) is 5.05. The maximum atomic E-state index is 10.5. The lowest BCUT2D eigenvalue weighted by Crippen LogP contribution is -2.41. The van der Waals surface area contributed by atoms with Crippen LogP contribution in [-0.2, 0) is 0 Å². The van der Waals surface area contributed by atoms with Gasteiger partial charge in [-0.3, -0.25) is 4.98 Å². The molecule has 3 nitrogen and oxygen atoms in total. The zero-order valence-electron chi connectivity index (χ0n) is 10.7. The maximum absolute atomic E-state index is 10.5. The van der Waals surface area contributed by atoms with E-state index >= 15 is 0 Å². The van der Waals surface area contributed by atoms with Crippen LogP contribution in [-0.4, -0.2) is 22.2 Å². The first kappa shape index (κ1) is 12.4. The summed E-state index contributed by atoms with van der Waals surface area (Å²) in [5.74, 6) is 0.634. The fourth-order valence-corrected chi connectivity index (χ4v) is 2.72. The van der Waals surface area contributed by atoms with Gasteiger partial charge in [0.2, 0.25) is 0 Å². The van der Waals surface area contributed by atoms with Gasteiger partial charge in [0.1, 0.15) is 0 Å². The third kappa shape index (κ3) is 3.43. The van der Waals surface area contributed by atoms with Crippen molar-refractivity contribution in [1.29, 1.82) is 0 Å². The SMILES string of the molecule is Cc1cc(NCC2(O)CCCC(C)C2)ccn1. The van der Waals surface area contributed by atoms with Crippen molar-refractivity contribution in [2.45, 2.75) is 45.1 Å². The lowest BCUT2D eigenvalue weighted by atomic mass is 9.79. The van der Waals surface area contributed by atoms with E-state index < -0.39 is 5.60 Å². The Morgan fingerprint density at radius 1 is 1.59 bits per heavy atom. The number of anilines is 1. The van der Waals surface area contributed by atoms with Crippen molar-refractivity contribution >= 4 is 5.69 Å². The molecule has 2 atom stereocenters. The van der Waals surface area contributed by atoms with E-state index in [-0.39, 0.29) is 0 Å². The largest absolute Gasteiger partial charge is 0.388 e. The van der Waals surface area contributed by atoms with Crippen molar-refractivity contribution in [2.75, 3.05) is 11.9 Å². The summed E-state index contributed by atoms with van der Waals surface area (Å²) in [4.78, 5) is 4.16. The van der Waals surface area contributed by atoms with Gasteiger partial charge in [0.25, 0.3) is 0 Å². The van der Waals surface area contributed by atoms with Crippen molar-refractivity contribution in [3.63, 3.8) is 0 Å². The van der Waals surface area contributed by atoms with E-state index in [0.29, 0.717) is 12.5 Å². The normalized spacial score (nSPS) is 29.0. The molecule has 2 unspecified atom stereocenters. The molecular formula is C14H22N2O. The fraction of sp³-hybridized carbons (Fsp3) is 0.643. The molecule has 94 valence electrons. The molecule has 3 heteroatoms. The zero-order valence-corrected chi connectivity index (χ0v) is 10.7. The first-order chi connectivity index (χ1) is 8.07. The summed E-state index contributed by atoms with van der Waals surface area (Å²) >= 11 is 0. The van der Waals surface area contributed by atoms with E-state index in [2.05, 4.69) is 17.2 Å². The monoisotopic (exact) mass is 234 g/mol. The molecule has 0 aliphatic heterocycles. The van der Waals surface area contributed by atoms with Gasteiger partial charge in [-0.1, -0.05) is 19.8 Å². The van der Waals surface area contributed by atoms with Gasteiger partial charge in [0.05, 0.1) is 5.60 Å². The number of nitrogens with one attached hydrogen (secondary N) is 1. The summed E-state index contributed by atoms with van der Waals surface area (Å²) in [6.07, 6.45) is 6.00. The maximum Gasteiger partial charge on any atom is 0.0821 e. The topological polar surface area (TPSA) is 45.1 Å². The van der Waals surface area contributed by atoms with Crippen LogP contribution in [0.1, 0.15) is 38.3 Å². The van der Waals surface area contributed by atoms with Gasteiger partial charge >= 0.3 is 0 Å². The van der Waals surface area contributed by atoms with Gasteiger partial charge in [0, 0.05) is 24.1 Å². The highest BCUT2D eigenvalue weighted by atomic mass is 16.3.